The molecule has 3 rings (SSSR count). The van der Waals surface area contributed by atoms with Gasteiger partial charge < -0.3 is 10.2 Å². The van der Waals surface area contributed by atoms with Crippen LogP contribution in [0.2, 0.25) is 0 Å². The molecule has 2 aromatic rings. The number of thiophene rings is 1. The summed E-state index contributed by atoms with van der Waals surface area (Å²) in [6.45, 7) is 5.06. The molecular formula is C20H27N3O3S2. The van der Waals surface area contributed by atoms with Crippen LogP contribution in [-0.4, -0.2) is 68.6 Å². The molecule has 152 valence electrons. The maximum absolute atomic E-state index is 13.0. The predicted molar refractivity (Wildman–Crippen MR) is 113 cm³/mol. The molecule has 1 aliphatic rings. The van der Waals surface area contributed by atoms with Crippen LogP contribution in [0.1, 0.15) is 28.1 Å². The molecule has 0 radical (unpaired) electrons. The lowest BCUT2D eigenvalue weighted by Gasteiger charge is -2.29. The van der Waals surface area contributed by atoms with Gasteiger partial charge in [0.1, 0.15) is 0 Å². The summed E-state index contributed by atoms with van der Waals surface area (Å²) in [7, 11) is -3.38. The molecule has 28 heavy (non-hydrogen) atoms. The molecule has 1 aromatic heterocycles. The van der Waals surface area contributed by atoms with Crippen LogP contribution in [0.3, 0.4) is 0 Å². The molecule has 1 atom stereocenters. The minimum atomic E-state index is -3.38. The third kappa shape index (κ3) is 5.41. The molecule has 0 saturated carbocycles. The Morgan fingerprint density at radius 1 is 1.18 bits per heavy atom. The molecule has 0 aliphatic carbocycles. The largest absolute Gasteiger partial charge is 0.336 e. The molecule has 0 bridgehead atoms. The van der Waals surface area contributed by atoms with Gasteiger partial charge in [-0.2, -0.15) is 4.31 Å². The van der Waals surface area contributed by atoms with Gasteiger partial charge in [0.2, 0.25) is 10.0 Å². The topological polar surface area (TPSA) is 69.7 Å². The number of nitrogens with one attached hydrogen (secondary N) is 1. The van der Waals surface area contributed by atoms with E-state index >= 15 is 0 Å². The predicted octanol–water partition coefficient (Wildman–Crippen LogP) is 2.23. The zero-order valence-corrected chi connectivity index (χ0v) is 17.7. The first-order valence-electron chi connectivity index (χ1n) is 9.53. The van der Waals surface area contributed by atoms with E-state index in [0.29, 0.717) is 37.6 Å². The Bertz CT molecular complexity index is 848. The Labute approximate surface area is 171 Å². The lowest BCUT2D eigenvalue weighted by Crippen LogP contribution is -2.48. The summed E-state index contributed by atoms with van der Waals surface area (Å²) in [5.41, 5.74) is 1.14. The van der Waals surface area contributed by atoms with E-state index in [-0.39, 0.29) is 24.1 Å². The molecule has 1 amide bonds. The smallest absolute Gasteiger partial charge is 0.263 e. The van der Waals surface area contributed by atoms with Crippen molar-refractivity contribution in [3.8, 4) is 0 Å². The number of amides is 1. The van der Waals surface area contributed by atoms with Gasteiger partial charge in [0.15, 0.2) is 0 Å². The van der Waals surface area contributed by atoms with Gasteiger partial charge in [-0.25, -0.2) is 8.42 Å². The summed E-state index contributed by atoms with van der Waals surface area (Å²) in [6.07, 6.45) is 0. The van der Waals surface area contributed by atoms with Crippen molar-refractivity contribution in [2.75, 3.05) is 45.0 Å². The first-order chi connectivity index (χ1) is 13.5. The van der Waals surface area contributed by atoms with E-state index in [2.05, 4.69) is 12.2 Å². The van der Waals surface area contributed by atoms with Crippen molar-refractivity contribution in [2.45, 2.75) is 12.8 Å². The van der Waals surface area contributed by atoms with E-state index in [0.717, 1.165) is 5.56 Å². The summed E-state index contributed by atoms with van der Waals surface area (Å²) in [4.78, 5) is 15.3. The van der Waals surface area contributed by atoms with Gasteiger partial charge in [-0.05, 0) is 22.9 Å². The van der Waals surface area contributed by atoms with Gasteiger partial charge in [0.05, 0.1) is 10.6 Å². The van der Waals surface area contributed by atoms with Crippen molar-refractivity contribution in [3.05, 3.63) is 58.3 Å². The molecule has 1 saturated heterocycles. The van der Waals surface area contributed by atoms with Gasteiger partial charge in [-0.3, -0.25) is 4.79 Å². The highest BCUT2D eigenvalue weighted by Crippen LogP contribution is 2.19. The number of nitrogens with zero attached hydrogens (tertiary/aromatic N) is 2. The van der Waals surface area contributed by atoms with E-state index in [1.165, 1.54) is 15.6 Å². The Kier molecular flexibility index (Phi) is 7.23. The second-order valence-electron chi connectivity index (χ2n) is 7.01. The molecule has 1 fully saturated rings. The Hall–Kier alpha value is -1.74. The zero-order chi connectivity index (χ0) is 20.0. The fraction of sp³-hybridized carbons (Fsp3) is 0.450. The highest BCUT2D eigenvalue weighted by molar-refractivity contribution is 7.89. The van der Waals surface area contributed by atoms with Crippen LogP contribution in [-0.2, 0) is 10.0 Å². The standard InChI is InChI=1S/C20H27N3O3S2/c1-17(18-6-3-2-4-7-18)16-22(20(24)19-8-5-14-27-19)13-15-28(25,26)23-11-9-21-10-12-23/h2-8,14,17,21H,9-13,15-16H2,1H3/t17-/m1/s1. The molecule has 6 nitrogen and oxygen atoms in total. The summed E-state index contributed by atoms with van der Waals surface area (Å²) in [5, 5.41) is 5.03. The van der Waals surface area contributed by atoms with E-state index in [1.807, 2.05) is 41.8 Å². The van der Waals surface area contributed by atoms with E-state index in [4.69, 9.17) is 0 Å². The van der Waals surface area contributed by atoms with Crippen molar-refractivity contribution in [1.82, 2.24) is 14.5 Å². The normalized spacial score (nSPS) is 16.6. The molecule has 1 aliphatic heterocycles. The summed E-state index contributed by atoms with van der Waals surface area (Å²) in [5.74, 6) is -0.0358. The minimum Gasteiger partial charge on any atom is -0.336 e. The number of piperazine rings is 1. The fourth-order valence-corrected chi connectivity index (χ4v) is 5.47. The van der Waals surface area contributed by atoms with Crippen LogP contribution in [0.5, 0.6) is 0 Å². The quantitative estimate of drug-likeness (QED) is 0.710. The average Bonchev–Trinajstić information content (AvgIpc) is 3.26. The molecular weight excluding hydrogens is 394 g/mol. The zero-order valence-electron chi connectivity index (χ0n) is 16.1. The van der Waals surface area contributed by atoms with E-state index in [9.17, 15) is 13.2 Å². The van der Waals surface area contributed by atoms with Crippen LogP contribution < -0.4 is 5.32 Å². The van der Waals surface area contributed by atoms with Crippen molar-refractivity contribution in [2.24, 2.45) is 0 Å². The highest BCUT2D eigenvalue weighted by Gasteiger charge is 2.27. The maximum Gasteiger partial charge on any atom is 0.263 e. The summed E-state index contributed by atoms with van der Waals surface area (Å²) < 4.78 is 27.0. The summed E-state index contributed by atoms with van der Waals surface area (Å²) in [6, 6.07) is 13.6. The third-order valence-corrected chi connectivity index (χ3v) is 7.68. The maximum atomic E-state index is 13.0. The molecule has 0 spiro atoms. The molecule has 0 unspecified atom stereocenters. The van der Waals surface area contributed by atoms with Crippen molar-refractivity contribution >= 4 is 27.3 Å². The number of sulfonamides is 1. The van der Waals surface area contributed by atoms with Gasteiger partial charge >= 0.3 is 0 Å². The minimum absolute atomic E-state index is 0.0500. The number of carbonyl (C=O) groups is 1. The van der Waals surface area contributed by atoms with Gasteiger partial charge in [0.25, 0.3) is 5.91 Å². The van der Waals surface area contributed by atoms with E-state index in [1.54, 1.807) is 11.0 Å². The number of carbonyl (C=O) groups excluding carboxylic acids is 1. The lowest BCUT2D eigenvalue weighted by molar-refractivity contribution is 0.0762. The van der Waals surface area contributed by atoms with Crippen molar-refractivity contribution in [3.63, 3.8) is 0 Å². The van der Waals surface area contributed by atoms with Gasteiger partial charge in [-0.15, -0.1) is 11.3 Å². The highest BCUT2D eigenvalue weighted by atomic mass is 32.2. The van der Waals surface area contributed by atoms with Crippen LogP contribution in [0.25, 0.3) is 0 Å². The van der Waals surface area contributed by atoms with Crippen molar-refractivity contribution in [1.29, 1.82) is 0 Å². The first kappa shape index (κ1) is 21.0. The lowest BCUT2D eigenvalue weighted by atomic mass is 10.0. The number of benzene rings is 1. The Morgan fingerprint density at radius 2 is 1.89 bits per heavy atom. The Balaban J connectivity index is 1.71. The number of hydrogen-bond acceptors (Lipinski definition) is 5. The van der Waals surface area contributed by atoms with Gasteiger partial charge in [-0.1, -0.05) is 43.3 Å². The van der Waals surface area contributed by atoms with Crippen molar-refractivity contribution < 1.29 is 13.2 Å². The van der Waals surface area contributed by atoms with Crippen LogP contribution in [0.4, 0.5) is 0 Å². The number of rotatable bonds is 8. The average molecular weight is 422 g/mol. The molecule has 1 N–H and O–H groups in total. The fourth-order valence-electron chi connectivity index (χ4n) is 3.33. The summed E-state index contributed by atoms with van der Waals surface area (Å²) >= 11 is 1.38. The molecule has 8 heteroatoms. The first-order valence-corrected chi connectivity index (χ1v) is 12.0. The van der Waals surface area contributed by atoms with Crippen LogP contribution >= 0.6 is 11.3 Å². The number of hydrogen-bond donors (Lipinski definition) is 1. The second-order valence-corrected chi connectivity index (χ2v) is 10.0. The van der Waals surface area contributed by atoms with E-state index < -0.39 is 10.0 Å². The molecule has 2 heterocycles. The van der Waals surface area contributed by atoms with Crippen LogP contribution in [0.15, 0.2) is 47.8 Å². The molecule has 1 aromatic carbocycles. The Morgan fingerprint density at radius 3 is 2.54 bits per heavy atom. The van der Waals surface area contributed by atoms with Crippen LogP contribution in [0, 0.1) is 0 Å². The van der Waals surface area contributed by atoms with Gasteiger partial charge in [0, 0.05) is 39.3 Å². The monoisotopic (exact) mass is 421 g/mol. The third-order valence-electron chi connectivity index (χ3n) is 4.97. The second kappa shape index (κ2) is 9.65. The SMILES string of the molecule is C[C@H](CN(CCS(=O)(=O)N1CCNCC1)C(=O)c1cccs1)c1ccccc1.